The van der Waals surface area contributed by atoms with Crippen molar-refractivity contribution in [2.24, 2.45) is 0 Å². The van der Waals surface area contributed by atoms with E-state index in [1.54, 1.807) is 0 Å². The lowest BCUT2D eigenvalue weighted by Gasteiger charge is -2.26. The van der Waals surface area contributed by atoms with Gasteiger partial charge in [0.1, 0.15) is 0 Å². The molecule has 0 aliphatic heterocycles. The van der Waals surface area contributed by atoms with Gasteiger partial charge >= 0.3 is 0 Å². The topological polar surface area (TPSA) is 75.1 Å². The summed E-state index contributed by atoms with van der Waals surface area (Å²) in [4.78, 5) is 12.0. The van der Waals surface area contributed by atoms with Crippen LogP contribution in [0.15, 0.2) is 6.07 Å². The van der Waals surface area contributed by atoms with Gasteiger partial charge < -0.3 is 10.4 Å². The van der Waals surface area contributed by atoms with Crippen LogP contribution < -0.4 is 5.32 Å². The van der Waals surface area contributed by atoms with Gasteiger partial charge in [-0.05, 0) is 31.7 Å². The molecule has 0 spiro atoms. The molecular formula is C11H13Cl2N3O2. The standard InChI is InChI=1S/C11H13Cl2N3O2/c12-9-5-8(10(13)16-15-9)11(18)14-6-2-1-3-7(17)4-6/h5-7,17H,1-4H2,(H,14,18). The molecule has 0 saturated heterocycles. The lowest BCUT2D eigenvalue weighted by molar-refractivity contribution is 0.0849. The Hall–Kier alpha value is -0.910. The largest absolute Gasteiger partial charge is 0.393 e. The highest BCUT2D eigenvalue weighted by molar-refractivity contribution is 6.34. The van der Waals surface area contributed by atoms with Crippen molar-refractivity contribution in [2.75, 3.05) is 0 Å². The average Bonchev–Trinajstić information content (AvgIpc) is 2.32. The summed E-state index contributed by atoms with van der Waals surface area (Å²) in [5.74, 6) is -0.337. The molecule has 1 amide bonds. The number of amides is 1. The third kappa shape index (κ3) is 3.31. The van der Waals surface area contributed by atoms with Crippen molar-refractivity contribution in [1.82, 2.24) is 15.5 Å². The van der Waals surface area contributed by atoms with Crippen molar-refractivity contribution in [3.63, 3.8) is 0 Å². The number of aromatic nitrogens is 2. The van der Waals surface area contributed by atoms with Gasteiger partial charge in [-0.25, -0.2) is 0 Å². The highest BCUT2D eigenvalue weighted by Crippen LogP contribution is 2.20. The molecule has 98 valence electrons. The number of aliphatic hydroxyl groups is 1. The molecular weight excluding hydrogens is 277 g/mol. The number of hydrogen-bond acceptors (Lipinski definition) is 4. The molecule has 2 rings (SSSR count). The van der Waals surface area contributed by atoms with Crippen LogP contribution in [0.4, 0.5) is 0 Å². The Balaban J connectivity index is 2.05. The smallest absolute Gasteiger partial charge is 0.254 e. The van der Waals surface area contributed by atoms with E-state index in [1.165, 1.54) is 6.07 Å². The third-order valence-electron chi connectivity index (χ3n) is 2.95. The molecule has 1 fully saturated rings. The zero-order valence-corrected chi connectivity index (χ0v) is 11.1. The highest BCUT2D eigenvalue weighted by Gasteiger charge is 2.23. The molecule has 0 radical (unpaired) electrons. The van der Waals surface area contributed by atoms with Gasteiger partial charge in [0.2, 0.25) is 0 Å². The monoisotopic (exact) mass is 289 g/mol. The number of nitrogens with one attached hydrogen (secondary N) is 1. The molecule has 7 heteroatoms. The lowest BCUT2D eigenvalue weighted by atomic mass is 9.93. The first kappa shape index (κ1) is 13.5. The maximum Gasteiger partial charge on any atom is 0.254 e. The molecule has 1 aliphatic carbocycles. The van der Waals surface area contributed by atoms with E-state index in [0.29, 0.717) is 6.42 Å². The van der Waals surface area contributed by atoms with Gasteiger partial charge in [0.15, 0.2) is 10.3 Å². The Labute approximate surface area is 115 Å². The summed E-state index contributed by atoms with van der Waals surface area (Å²) in [6.07, 6.45) is 2.76. The van der Waals surface area contributed by atoms with Crippen molar-refractivity contribution in [2.45, 2.75) is 37.8 Å². The number of rotatable bonds is 2. The SMILES string of the molecule is O=C(NC1CCCC(O)C1)c1cc(Cl)nnc1Cl. The predicted octanol–water partition coefficient (Wildman–Crippen LogP) is 1.82. The first-order valence-corrected chi connectivity index (χ1v) is 6.49. The Kier molecular flexibility index (Phi) is 4.37. The van der Waals surface area contributed by atoms with Gasteiger partial charge in [-0.1, -0.05) is 23.2 Å². The van der Waals surface area contributed by atoms with E-state index in [4.69, 9.17) is 23.2 Å². The lowest BCUT2D eigenvalue weighted by Crippen LogP contribution is -2.39. The number of halogens is 2. The number of nitrogens with zero attached hydrogens (tertiary/aromatic N) is 2. The first-order chi connectivity index (χ1) is 8.56. The van der Waals surface area contributed by atoms with Crippen molar-refractivity contribution in [1.29, 1.82) is 0 Å². The van der Waals surface area contributed by atoms with E-state index >= 15 is 0 Å². The minimum Gasteiger partial charge on any atom is -0.393 e. The zero-order valence-electron chi connectivity index (χ0n) is 9.57. The maximum atomic E-state index is 12.0. The summed E-state index contributed by atoms with van der Waals surface area (Å²) in [5, 5.41) is 19.6. The Morgan fingerprint density at radius 1 is 1.39 bits per heavy atom. The Morgan fingerprint density at radius 3 is 2.89 bits per heavy atom. The van der Waals surface area contributed by atoms with Crippen molar-refractivity contribution in [3.05, 3.63) is 21.9 Å². The summed E-state index contributed by atoms with van der Waals surface area (Å²) in [6.45, 7) is 0. The average molecular weight is 290 g/mol. The maximum absolute atomic E-state index is 12.0. The molecule has 18 heavy (non-hydrogen) atoms. The van der Waals surface area contributed by atoms with Crippen molar-refractivity contribution in [3.8, 4) is 0 Å². The molecule has 1 aromatic rings. The summed E-state index contributed by atoms with van der Waals surface area (Å²) < 4.78 is 0. The van der Waals surface area contributed by atoms with Gasteiger partial charge in [-0.15, -0.1) is 10.2 Å². The molecule has 1 heterocycles. The molecule has 0 bridgehead atoms. The zero-order chi connectivity index (χ0) is 13.1. The van der Waals surface area contributed by atoms with Crippen LogP contribution in [0.2, 0.25) is 10.3 Å². The second-order valence-corrected chi connectivity index (χ2v) is 5.11. The van der Waals surface area contributed by atoms with Crippen LogP contribution in [-0.4, -0.2) is 33.4 Å². The van der Waals surface area contributed by atoms with Crippen LogP contribution in [0.3, 0.4) is 0 Å². The minimum absolute atomic E-state index is 0.0215. The molecule has 1 aliphatic rings. The molecule has 2 N–H and O–H groups in total. The molecule has 1 saturated carbocycles. The van der Waals surface area contributed by atoms with E-state index in [0.717, 1.165) is 19.3 Å². The quantitative estimate of drug-likeness (QED) is 0.871. The Morgan fingerprint density at radius 2 is 2.17 bits per heavy atom. The fourth-order valence-corrected chi connectivity index (χ4v) is 2.40. The highest BCUT2D eigenvalue weighted by atomic mass is 35.5. The van der Waals surface area contributed by atoms with E-state index in [-0.39, 0.29) is 33.9 Å². The van der Waals surface area contributed by atoms with Crippen LogP contribution in [0.5, 0.6) is 0 Å². The number of carbonyl (C=O) groups is 1. The van der Waals surface area contributed by atoms with E-state index < -0.39 is 0 Å². The molecule has 2 unspecified atom stereocenters. The van der Waals surface area contributed by atoms with Crippen LogP contribution in [0, 0.1) is 0 Å². The van der Waals surface area contributed by atoms with E-state index in [9.17, 15) is 9.90 Å². The number of hydrogen-bond donors (Lipinski definition) is 2. The molecule has 5 nitrogen and oxygen atoms in total. The van der Waals surface area contributed by atoms with Gasteiger partial charge in [0.25, 0.3) is 5.91 Å². The van der Waals surface area contributed by atoms with Crippen LogP contribution in [0.25, 0.3) is 0 Å². The number of aliphatic hydroxyl groups excluding tert-OH is 1. The van der Waals surface area contributed by atoms with Crippen molar-refractivity contribution < 1.29 is 9.90 Å². The molecule has 0 aromatic carbocycles. The van der Waals surface area contributed by atoms with E-state index in [2.05, 4.69) is 15.5 Å². The van der Waals surface area contributed by atoms with Gasteiger partial charge in [0.05, 0.1) is 11.7 Å². The second kappa shape index (κ2) is 5.82. The summed E-state index contributed by atoms with van der Waals surface area (Å²) in [6, 6.07) is 1.34. The predicted molar refractivity (Wildman–Crippen MR) is 67.8 cm³/mol. The normalized spacial score (nSPS) is 23.7. The van der Waals surface area contributed by atoms with Crippen LogP contribution in [-0.2, 0) is 0 Å². The summed E-state index contributed by atoms with van der Waals surface area (Å²) in [5.41, 5.74) is 0.205. The summed E-state index contributed by atoms with van der Waals surface area (Å²) >= 11 is 11.5. The second-order valence-electron chi connectivity index (χ2n) is 4.36. The molecule has 2 atom stereocenters. The first-order valence-electron chi connectivity index (χ1n) is 5.74. The third-order valence-corrected chi connectivity index (χ3v) is 3.41. The Bertz CT molecular complexity index is 456. The molecule has 1 aromatic heterocycles. The van der Waals surface area contributed by atoms with Crippen molar-refractivity contribution >= 4 is 29.1 Å². The van der Waals surface area contributed by atoms with Gasteiger partial charge in [-0.3, -0.25) is 4.79 Å². The van der Waals surface area contributed by atoms with Gasteiger partial charge in [0, 0.05) is 6.04 Å². The summed E-state index contributed by atoms with van der Waals surface area (Å²) in [7, 11) is 0. The minimum atomic E-state index is -0.348. The fraction of sp³-hybridized carbons (Fsp3) is 0.545. The number of carbonyl (C=O) groups excluding carboxylic acids is 1. The fourth-order valence-electron chi connectivity index (χ4n) is 2.07. The van der Waals surface area contributed by atoms with Crippen LogP contribution >= 0.6 is 23.2 Å². The van der Waals surface area contributed by atoms with E-state index in [1.807, 2.05) is 0 Å². The van der Waals surface area contributed by atoms with Gasteiger partial charge in [-0.2, -0.15) is 0 Å². The van der Waals surface area contributed by atoms with Crippen LogP contribution in [0.1, 0.15) is 36.0 Å².